The van der Waals surface area contributed by atoms with Crippen LogP contribution in [-0.2, 0) is 4.79 Å². The van der Waals surface area contributed by atoms with Gasteiger partial charge in [-0.3, -0.25) is 4.79 Å². The Morgan fingerprint density at radius 1 is 1.33 bits per heavy atom. The predicted molar refractivity (Wildman–Crippen MR) is 119 cm³/mol. The second-order valence-corrected chi connectivity index (χ2v) is 9.36. The zero-order valence-electron chi connectivity index (χ0n) is 17.7. The van der Waals surface area contributed by atoms with E-state index in [1.54, 1.807) is 28.2 Å². The molecule has 0 saturated carbocycles. The summed E-state index contributed by atoms with van der Waals surface area (Å²) < 4.78 is 16.1. The van der Waals surface area contributed by atoms with Gasteiger partial charge in [-0.05, 0) is 56.4 Å². The normalized spacial score (nSPS) is 17.1. The molecule has 1 amide bonds. The molecule has 30 heavy (non-hydrogen) atoms. The Morgan fingerprint density at radius 3 is 2.83 bits per heavy atom. The first-order chi connectivity index (χ1) is 14.4. The monoisotopic (exact) mass is 429 g/mol. The summed E-state index contributed by atoms with van der Waals surface area (Å²) >= 11 is 1.61. The molecule has 0 radical (unpaired) electrons. The number of aromatic nitrogens is 3. The van der Waals surface area contributed by atoms with Gasteiger partial charge in [0.15, 0.2) is 10.8 Å². The van der Waals surface area contributed by atoms with Crippen molar-refractivity contribution in [2.45, 2.75) is 40.0 Å². The molecule has 1 aliphatic rings. The van der Waals surface area contributed by atoms with E-state index in [9.17, 15) is 9.18 Å². The van der Waals surface area contributed by atoms with Gasteiger partial charge in [-0.1, -0.05) is 25.2 Å². The van der Waals surface area contributed by atoms with Gasteiger partial charge in [0.2, 0.25) is 5.91 Å². The Balaban J connectivity index is 1.52. The number of rotatable bonds is 6. The molecule has 0 aliphatic carbocycles. The van der Waals surface area contributed by atoms with Crippen molar-refractivity contribution >= 4 is 32.7 Å². The quantitative estimate of drug-likeness (QED) is 0.634. The van der Waals surface area contributed by atoms with E-state index in [1.807, 2.05) is 6.92 Å². The molecule has 0 spiro atoms. The smallest absolute Gasteiger partial charge is 0.224 e. The van der Waals surface area contributed by atoms with Crippen LogP contribution in [-0.4, -0.2) is 40.3 Å². The number of fused-ring (bicyclic) bond motifs is 1. The minimum Gasteiger partial charge on any atom is -0.356 e. The number of aryl methyl sites for hydroxylation is 1. The van der Waals surface area contributed by atoms with Crippen molar-refractivity contribution < 1.29 is 9.18 Å². The lowest BCUT2D eigenvalue weighted by molar-refractivity contribution is -0.125. The summed E-state index contributed by atoms with van der Waals surface area (Å²) in [7, 11) is 0. The van der Waals surface area contributed by atoms with Crippen LogP contribution in [0, 0.1) is 24.6 Å². The summed E-state index contributed by atoms with van der Waals surface area (Å²) in [5, 5.41) is 8.60. The van der Waals surface area contributed by atoms with Gasteiger partial charge < -0.3 is 10.2 Å². The maximum atomic E-state index is 13.3. The van der Waals surface area contributed by atoms with Gasteiger partial charge in [-0.15, -0.1) is 0 Å². The highest BCUT2D eigenvalue weighted by Gasteiger charge is 2.28. The fourth-order valence-electron chi connectivity index (χ4n) is 3.81. The highest BCUT2D eigenvalue weighted by Crippen LogP contribution is 2.34. The number of halogens is 1. The third-order valence-corrected chi connectivity index (χ3v) is 6.75. The molecular weight excluding hydrogens is 401 g/mol. The number of anilines is 1. The Labute approximate surface area is 180 Å². The highest BCUT2D eigenvalue weighted by atomic mass is 32.1. The van der Waals surface area contributed by atoms with Gasteiger partial charge in [0.25, 0.3) is 0 Å². The molecular formula is C22H28FN5OS. The first-order valence-corrected chi connectivity index (χ1v) is 11.4. The summed E-state index contributed by atoms with van der Waals surface area (Å²) in [5.74, 6) is 0.450. The molecule has 1 N–H and O–H groups in total. The molecule has 6 nitrogen and oxygen atoms in total. The van der Waals surface area contributed by atoms with Crippen LogP contribution in [0.25, 0.3) is 16.0 Å². The average Bonchev–Trinajstić information content (AvgIpc) is 3.29. The van der Waals surface area contributed by atoms with Crippen molar-refractivity contribution in [2.24, 2.45) is 11.8 Å². The Kier molecular flexibility index (Phi) is 6.04. The number of nitrogens with zero attached hydrogens (tertiary/aromatic N) is 4. The molecule has 8 heteroatoms. The van der Waals surface area contributed by atoms with Crippen molar-refractivity contribution in [1.82, 2.24) is 20.1 Å². The van der Waals surface area contributed by atoms with E-state index < -0.39 is 0 Å². The van der Waals surface area contributed by atoms with Gasteiger partial charge in [0.05, 0.1) is 22.0 Å². The fraction of sp³-hybridized carbons (Fsp3) is 0.500. The van der Waals surface area contributed by atoms with E-state index in [1.165, 1.54) is 12.1 Å². The maximum absolute atomic E-state index is 13.3. The number of hydrogen-bond acceptors (Lipinski definition) is 5. The van der Waals surface area contributed by atoms with Crippen LogP contribution in [0.4, 0.5) is 9.52 Å². The fourth-order valence-corrected chi connectivity index (χ4v) is 4.84. The SMILES string of the molecule is Cc1nn(-c2ccc(F)cc2)c2nc(N3CCCC(C(=O)NCCC(C)C)C3)sc12. The number of carbonyl (C=O) groups excluding carboxylic acids is 1. The van der Waals surface area contributed by atoms with Gasteiger partial charge in [0.1, 0.15) is 5.82 Å². The summed E-state index contributed by atoms with van der Waals surface area (Å²) in [6, 6.07) is 6.27. The first kappa shape index (κ1) is 20.8. The second-order valence-electron chi connectivity index (χ2n) is 8.38. The van der Waals surface area contributed by atoms with Crippen molar-refractivity contribution in [3.05, 3.63) is 35.8 Å². The van der Waals surface area contributed by atoms with Crippen LogP contribution >= 0.6 is 11.3 Å². The largest absolute Gasteiger partial charge is 0.356 e. The summed E-state index contributed by atoms with van der Waals surface area (Å²) in [5.41, 5.74) is 2.47. The van der Waals surface area contributed by atoms with Crippen molar-refractivity contribution in [2.75, 3.05) is 24.5 Å². The molecule has 1 aliphatic heterocycles. The summed E-state index contributed by atoms with van der Waals surface area (Å²) in [4.78, 5) is 19.7. The Bertz CT molecular complexity index is 1030. The van der Waals surface area contributed by atoms with Crippen LogP contribution in [0.1, 0.15) is 38.8 Å². The topological polar surface area (TPSA) is 63.1 Å². The number of amides is 1. The lowest BCUT2D eigenvalue weighted by Crippen LogP contribution is -2.43. The predicted octanol–water partition coefficient (Wildman–Crippen LogP) is 4.31. The van der Waals surface area contributed by atoms with Crippen molar-refractivity contribution in [3.63, 3.8) is 0 Å². The molecule has 1 unspecified atom stereocenters. The molecule has 1 saturated heterocycles. The van der Waals surface area contributed by atoms with E-state index in [2.05, 4.69) is 29.2 Å². The van der Waals surface area contributed by atoms with E-state index in [-0.39, 0.29) is 17.6 Å². The van der Waals surface area contributed by atoms with Crippen LogP contribution in [0.15, 0.2) is 24.3 Å². The third kappa shape index (κ3) is 4.33. The average molecular weight is 430 g/mol. The van der Waals surface area contributed by atoms with Crippen molar-refractivity contribution in [3.8, 4) is 5.69 Å². The van der Waals surface area contributed by atoms with Gasteiger partial charge in [0, 0.05) is 19.6 Å². The van der Waals surface area contributed by atoms with Crippen LogP contribution in [0.2, 0.25) is 0 Å². The molecule has 1 atom stereocenters. The molecule has 0 bridgehead atoms. The standard InChI is InChI=1S/C22H28FN5OS/c1-14(2)10-11-24-21(29)16-5-4-12-27(13-16)22-25-20-19(30-22)15(3)26-28(20)18-8-6-17(23)7-9-18/h6-9,14,16H,4-5,10-13H2,1-3H3,(H,24,29). The number of piperidine rings is 1. The number of nitrogens with one attached hydrogen (secondary N) is 1. The van der Waals surface area contributed by atoms with Gasteiger partial charge in [-0.2, -0.15) is 10.1 Å². The van der Waals surface area contributed by atoms with Gasteiger partial charge in [-0.25, -0.2) is 9.07 Å². The number of hydrogen-bond donors (Lipinski definition) is 1. The summed E-state index contributed by atoms with van der Waals surface area (Å²) in [6.45, 7) is 8.61. The van der Waals surface area contributed by atoms with E-state index >= 15 is 0 Å². The first-order valence-electron chi connectivity index (χ1n) is 10.6. The molecule has 1 fully saturated rings. The van der Waals surface area contributed by atoms with Crippen LogP contribution in [0.3, 0.4) is 0 Å². The van der Waals surface area contributed by atoms with E-state index in [0.29, 0.717) is 12.5 Å². The molecule has 4 rings (SSSR count). The van der Waals surface area contributed by atoms with Crippen molar-refractivity contribution in [1.29, 1.82) is 0 Å². The lowest BCUT2D eigenvalue weighted by Gasteiger charge is -2.31. The van der Waals surface area contributed by atoms with Crippen LogP contribution < -0.4 is 10.2 Å². The molecule has 1 aromatic carbocycles. The van der Waals surface area contributed by atoms with E-state index in [0.717, 1.165) is 59.2 Å². The number of carbonyl (C=O) groups is 1. The highest BCUT2D eigenvalue weighted by molar-refractivity contribution is 7.22. The third-order valence-electron chi connectivity index (χ3n) is 5.53. The minimum atomic E-state index is -0.274. The minimum absolute atomic E-state index is 0.00683. The van der Waals surface area contributed by atoms with E-state index in [4.69, 9.17) is 4.98 Å². The number of benzene rings is 1. The second kappa shape index (κ2) is 8.71. The zero-order valence-corrected chi connectivity index (χ0v) is 18.5. The Hall–Kier alpha value is -2.48. The zero-order chi connectivity index (χ0) is 21.3. The Morgan fingerprint density at radius 2 is 2.10 bits per heavy atom. The molecule has 3 heterocycles. The summed E-state index contributed by atoms with van der Waals surface area (Å²) in [6.07, 6.45) is 2.89. The lowest BCUT2D eigenvalue weighted by atomic mass is 9.97. The molecule has 160 valence electrons. The van der Waals surface area contributed by atoms with Gasteiger partial charge >= 0.3 is 0 Å². The maximum Gasteiger partial charge on any atom is 0.224 e. The van der Waals surface area contributed by atoms with Crippen LogP contribution in [0.5, 0.6) is 0 Å². The molecule has 2 aromatic heterocycles. The number of thiazole rings is 1. The molecule has 3 aromatic rings.